The van der Waals surface area contributed by atoms with Crippen LogP contribution in [0.5, 0.6) is 5.75 Å². The molecule has 0 aliphatic rings. The number of methoxy groups -OCH3 is 1. The summed E-state index contributed by atoms with van der Waals surface area (Å²) in [5, 5.41) is 0. The van der Waals surface area contributed by atoms with E-state index in [-0.39, 0.29) is 11.3 Å². The van der Waals surface area contributed by atoms with Crippen molar-refractivity contribution in [2.45, 2.75) is 20.0 Å². The number of carbonyl (C=O) groups excluding carboxylic acids is 1. The highest BCUT2D eigenvalue weighted by atomic mass is 19.4. The van der Waals surface area contributed by atoms with Crippen LogP contribution in [0.3, 0.4) is 0 Å². The van der Waals surface area contributed by atoms with E-state index in [1.807, 2.05) is 0 Å². The van der Waals surface area contributed by atoms with Crippen LogP contribution in [0.15, 0.2) is 18.2 Å². The van der Waals surface area contributed by atoms with Crippen LogP contribution in [0.2, 0.25) is 0 Å². The topological polar surface area (TPSA) is 26.3 Å². The molecule has 5 heteroatoms. The maximum Gasteiger partial charge on any atom is 0.417 e. The first-order chi connectivity index (χ1) is 7.77. The molecular formula is C12H13F3O2. The maximum atomic E-state index is 12.8. The summed E-state index contributed by atoms with van der Waals surface area (Å²) >= 11 is 0. The molecule has 94 valence electrons. The molecule has 0 aliphatic carbocycles. The Balaban J connectivity index is 3.35. The minimum Gasteiger partial charge on any atom is -0.497 e. The van der Waals surface area contributed by atoms with E-state index in [1.54, 1.807) is 13.8 Å². The molecule has 0 unspecified atom stereocenters. The average molecular weight is 246 g/mol. The van der Waals surface area contributed by atoms with Crippen molar-refractivity contribution in [1.82, 2.24) is 0 Å². The Morgan fingerprint density at radius 3 is 2.29 bits per heavy atom. The molecule has 0 saturated carbocycles. The summed E-state index contributed by atoms with van der Waals surface area (Å²) in [6.45, 7) is 3.12. The van der Waals surface area contributed by atoms with Crippen LogP contribution in [-0.4, -0.2) is 12.9 Å². The third-order valence-corrected chi connectivity index (χ3v) is 2.32. The number of ketones is 1. The Morgan fingerprint density at radius 1 is 1.29 bits per heavy atom. The van der Waals surface area contributed by atoms with Crippen LogP contribution < -0.4 is 4.74 Å². The second-order valence-corrected chi connectivity index (χ2v) is 3.93. The van der Waals surface area contributed by atoms with E-state index in [9.17, 15) is 18.0 Å². The van der Waals surface area contributed by atoms with E-state index in [4.69, 9.17) is 4.74 Å². The number of alkyl halides is 3. The Kier molecular flexibility index (Phi) is 3.80. The van der Waals surface area contributed by atoms with Gasteiger partial charge in [0.05, 0.1) is 12.7 Å². The molecule has 1 aromatic rings. The normalized spacial score (nSPS) is 11.7. The van der Waals surface area contributed by atoms with Crippen LogP contribution in [0.25, 0.3) is 0 Å². The molecule has 1 aromatic carbocycles. The van der Waals surface area contributed by atoms with Gasteiger partial charge in [0.1, 0.15) is 5.75 Å². The van der Waals surface area contributed by atoms with Crippen molar-refractivity contribution in [2.24, 2.45) is 5.92 Å². The first-order valence-electron chi connectivity index (χ1n) is 5.06. The molecule has 17 heavy (non-hydrogen) atoms. The van der Waals surface area contributed by atoms with Gasteiger partial charge in [-0.3, -0.25) is 4.79 Å². The molecule has 0 bridgehead atoms. The summed E-state index contributed by atoms with van der Waals surface area (Å²) in [4.78, 5) is 11.7. The van der Waals surface area contributed by atoms with Crippen molar-refractivity contribution in [3.05, 3.63) is 29.3 Å². The number of carbonyl (C=O) groups is 1. The van der Waals surface area contributed by atoms with Crippen molar-refractivity contribution in [3.8, 4) is 5.75 Å². The minimum atomic E-state index is -4.56. The zero-order chi connectivity index (χ0) is 13.2. The number of hydrogen-bond acceptors (Lipinski definition) is 2. The van der Waals surface area contributed by atoms with Gasteiger partial charge in [0.25, 0.3) is 0 Å². The Morgan fingerprint density at radius 2 is 1.88 bits per heavy atom. The number of hydrogen-bond donors (Lipinski definition) is 0. The number of ether oxygens (including phenoxy) is 1. The molecule has 0 aromatic heterocycles. The number of benzene rings is 1. The Bertz CT molecular complexity index is 422. The van der Waals surface area contributed by atoms with E-state index in [2.05, 4.69) is 0 Å². The summed E-state index contributed by atoms with van der Waals surface area (Å²) in [5.74, 6) is -0.929. The predicted octanol–water partition coefficient (Wildman–Crippen LogP) is 3.55. The van der Waals surface area contributed by atoms with Crippen LogP contribution in [0.4, 0.5) is 13.2 Å². The lowest BCUT2D eigenvalue weighted by molar-refractivity contribution is -0.138. The van der Waals surface area contributed by atoms with Crippen LogP contribution >= 0.6 is 0 Å². The Hall–Kier alpha value is -1.52. The van der Waals surface area contributed by atoms with Gasteiger partial charge in [-0.1, -0.05) is 13.8 Å². The van der Waals surface area contributed by atoms with Crippen LogP contribution in [0, 0.1) is 5.92 Å². The molecule has 2 nitrogen and oxygen atoms in total. The van der Waals surface area contributed by atoms with Gasteiger partial charge in [0, 0.05) is 11.5 Å². The number of rotatable bonds is 3. The largest absolute Gasteiger partial charge is 0.497 e. The molecule has 0 atom stereocenters. The lowest BCUT2D eigenvalue weighted by Crippen LogP contribution is -2.16. The minimum absolute atomic E-state index is 0.0811. The fraction of sp³-hybridized carbons (Fsp3) is 0.417. The monoisotopic (exact) mass is 246 g/mol. The molecule has 0 heterocycles. The average Bonchev–Trinajstić information content (AvgIpc) is 2.26. The second-order valence-electron chi connectivity index (χ2n) is 3.93. The highest BCUT2D eigenvalue weighted by Crippen LogP contribution is 2.35. The molecule has 0 radical (unpaired) electrons. The Labute approximate surface area is 97.4 Å². The van der Waals surface area contributed by atoms with Gasteiger partial charge in [0.15, 0.2) is 5.78 Å². The number of halogens is 3. The van der Waals surface area contributed by atoms with E-state index < -0.39 is 23.4 Å². The summed E-state index contributed by atoms with van der Waals surface area (Å²) in [6, 6.07) is 3.35. The first-order valence-corrected chi connectivity index (χ1v) is 5.06. The fourth-order valence-electron chi connectivity index (χ4n) is 1.41. The highest BCUT2D eigenvalue weighted by Gasteiger charge is 2.36. The molecule has 1 rings (SSSR count). The number of Topliss-reactive ketones (excluding diaryl/α,β-unsaturated/α-hetero) is 1. The molecule has 0 spiro atoms. The van der Waals surface area contributed by atoms with Crippen LogP contribution in [-0.2, 0) is 6.18 Å². The highest BCUT2D eigenvalue weighted by molar-refractivity contribution is 5.99. The molecule has 0 saturated heterocycles. The summed E-state index contributed by atoms with van der Waals surface area (Å²) in [5.41, 5.74) is -1.26. The van der Waals surface area contributed by atoms with E-state index in [0.717, 1.165) is 12.1 Å². The third kappa shape index (κ3) is 2.99. The van der Waals surface area contributed by atoms with Crippen molar-refractivity contribution in [2.75, 3.05) is 7.11 Å². The standard InChI is InChI=1S/C12H13F3O2/c1-7(2)11(16)9-5-4-8(17-3)6-10(9)12(13,14)15/h4-7H,1-3H3. The summed E-state index contributed by atoms with van der Waals surface area (Å²) in [7, 11) is 1.28. The second kappa shape index (κ2) is 4.77. The van der Waals surface area contributed by atoms with E-state index >= 15 is 0 Å². The molecular weight excluding hydrogens is 233 g/mol. The van der Waals surface area contributed by atoms with Crippen molar-refractivity contribution in [3.63, 3.8) is 0 Å². The molecule has 0 N–H and O–H groups in total. The van der Waals surface area contributed by atoms with Gasteiger partial charge in [-0.05, 0) is 18.2 Å². The van der Waals surface area contributed by atoms with Crippen molar-refractivity contribution >= 4 is 5.78 Å². The predicted molar refractivity (Wildman–Crippen MR) is 57.2 cm³/mol. The van der Waals surface area contributed by atoms with Crippen LogP contribution in [0.1, 0.15) is 29.8 Å². The zero-order valence-electron chi connectivity index (χ0n) is 9.76. The maximum absolute atomic E-state index is 12.8. The van der Waals surface area contributed by atoms with Gasteiger partial charge in [-0.2, -0.15) is 13.2 Å². The summed E-state index contributed by atoms with van der Waals surface area (Å²) < 4.78 is 43.1. The first kappa shape index (κ1) is 13.5. The van der Waals surface area contributed by atoms with Gasteiger partial charge in [0.2, 0.25) is 0 Å². The zero-order valence-corrected chi connectivity index (χ0v) is 9.76. The van der Waals surface area contributed by atoms with Gasteiger partial charge in [-0.25, -0.2) is 0 Å². The molecule has 0 fully saturated rings. The SMILES string of the molecule is COc1ccc(C(=O)C(C)C)c(C(F)(F)F)c1. The summed E-state index contributed by atoms with van der Waals surface area (Å²) in [6.07, 6.45) is -4.56. The molecule has 0 amide bonds. The van der Waals surface area contributed by atoms with Crippen molar-refractivity contribution in [1.29, 1.82) is 0 Å². The lowest BCUT2D eigenvalue weighted by atomic mass is 9.96. The third-order valence-electron chi connectivity index (χ3n) is 2.32. The van der Waals surface area contributed by atoms with E-state index in [1.165, 1.54) is 13.2 Å². The van der Waals surface area contributed by atoms with Gasteiger partial charge >= 0.3 is 6.18 Å². The van der Waals surface area contributed by atoms with Gasteiger partial charge in [-0.15, -0.1) is 0 Å². The smallest absolute Gasteiger partial charge is 0.417 e. The quantitative estimate of drug-likeness (QED) is 0.762. The van der Waals surface area contributed by atoms with Gasteiger partial charge < -0.3 is 4.74 Å². The fourth-order valence-corrected chi connectivity index (χ4v) is 1.41. The lowest BCUT2D eigenvalue weighted by Gasteiger charge is -2.14. The van der Waals surface area contributed by atoms with Crippen molar-refractivity contribution < 1.29 is 22.7 Å². The molecule has 0 aliphatic heterocycles. The van der Waals surface area contributed by atoms with E-state index in [0.29, 0.717) is 0 Å².